The van der Waals surface area contributed by atoms with Crippen molar-refractivity contribution in [3.63, 3.8) is 0 Å². The summed E-state index contributed by atoms with van der Waals surface area (Å²) in [6.45, 7) is -0.758. The Balaban J connectivity index is 1.96. The smallest absolute Gasteiger partial charge is 0.387 e. The molecule has 0 radical (unpaired) electrons. The van der Waals surface area contributed by atoms with E-state index in [2.05, 4.69) is 10.1 Å². The van der Waals surface area contributed by atoms with E-state index in [1.165, 1.54) is 13.2 Å². The lowest BCUT2D eigenvalue weighted by Gasteiger charge is -2.12. The van der Waals surface area contributed by atoms with Crippen LogP contribution in [0.5, 0.6) is 17.2 Å². The van der Waals surface area contributed by atoms with Crippen LogP contribution < -0.4 is 19.5 Å². The predicted octanol–water partition coefficient (Wildman–Crippen LogP) is 3.47. The van der Waals surface area contributed by atoms with Crippen LogP contribution in [0.4, 0.5) is 8.78 Å². The SMILES string of the molecule is COc1cc(CC(=O)NCc2ccc(OC(F)F)c(OC)c2)ccc1C. The lowest BCUT2D eigenvalue weighted by Crippen LogP contribution is -2.24. The van der Waals surface area contributed by atoms with Gasteiger partial charge in [0.25, 0.3) is 0 Å². The number of benzene rings is 2. The fourth-order valence-electron chi connectivity index (χ4n) is 2.44. The Morgan fingerprint density at radius 1 is 1.00 bits per heavy atom. The van der Waals surface area contributed by atoms with Gasteiger partial charge in [0.05, 0.1) is 20.6 Å². The highest BCUT2D eigenvalue weighted by molar-refractivity contribution is 5.78. The average molecular weight is 365 g/mol. The summed E-state index contributed by atoms with van der Waals surface area (Å²) in [5.74, 6) is 0.696. The summed E-state index contributed by atoms with van der Waals surface area (Å²) in [5.41, 5.74) is 2.54. The van der Waals surface area contributed by atoms with E-state index in [0.29, 0.717) is 5.56 Å². The Morgan fingerprint density at radius 2 is 1.65 bits per heavy atom. The third kappa shape index (κ3) is 5.34. The average Bonchev–Trinajstić information content (AvgIpc) is 2.62. The van der Waals surface area contributed by atoms with Crippen LogP contribution >= 0.6 is 0 Å². The molecular formula is C19H21F2NO4. The quantitative estimate of drug-likeness (QED) is 0.778. The highest BCUT2D eigenvalue weighted by Gasteiger charge is 2.12. The topological polar surface area (TPSA) is 56.8 Å². The number of ether oxygens (including phenoxy) is 3. The molecule has 2 aromatic carbocycles. The van der Waals surface area contributed by atoms with Crippen molar-refractivity contribution < 1.29 is 27.8 Å². The number of carbonyl (C=O) groups excluding carboxylic acids is 1. The van der Waals surface area contributed by atoms with Crippen molar-refractivity contribution in [2.24, 2.45) is 0 Å². The molecule has 0 spiro atoms. The maximum absolute atomic E-state index is 12.3. The van der Waals surface area contributed by atoms with Gasteiger partial charge in [0.1, 0.15) is 5.75 Å². The number of carbonyl (C=O) groups is 1. The third-order valence-corrected chi connectivity index (χ3v) is 3.77. The van der Waals surface area contributed by atoms with Crippen molar-refractivity contribution >= 4 is 5.91 Å². The lowest BCUT2D eigenvalue weighted by atomic mass is 10.1. The largest absolute Gasteiger partial charge is 0.496 e. The van der Waals surface area contributed by atoms with E-state index in [1.54, 1.807) is 19.2 Å². The van der Waals surface area contributed by atoms with Gasteiger partial charge in [-0.15, -0.1) is 0 Å². The van der Waals surface area contributed by atoms with Crippen molar-refractivity contribution in [2.45, 2.75) is 26.5 Å². The van der Waals surface area contributed by atoms with Gasteiger partial charge in [-0.05, 0) is 41.8 Å². The second-order valence-electron chi connectivity index (χ2n) is 5.62. The number of halogens is 2. The molecule has 0 aliphatic heterocycles. The molecule has 0 bridgehead atoms. The molecule has 0 atom stereocenters. The molecule has 2 aromatic rings. The molecule has 0 heterocycles. The molecule has 0 saturated heterocycles. The van der Waals surface area contributed by atoms with Crippen LogP contribution in [0.2, 0.25) is 0 Å². The highest BCUT2D eigenvalue weighted by atomic mass is 19.3. The molecule has 2 rings (SSSR count). The van der Waals surface area contributed by atoms with Gasteiger partial charge in [0.2, 0.25) is 5.91 Å². The Bertz CT molecular complexity index is 765. The highest BCUT2D eigenvalue weighted by Crippen LogP contribution is 2.29. The van der Waals surface area contributed by atoms with Crippen molar-refractivity contribution in [2.75, 3.05) is 14.2 Å². The lowest BCUT2D eigenvalue weighted by molar-refractivity contribution is -0.120. The Hall–Kier alpha value is -2.83. The second kappa shape index (κ2) is 9.03. The predicted molar refractivity (Wildman–Crippen MR) is 92.9 cm³/mol. The maximum atomic E-state index is 12.3. The first-order chi connectivity index (χ1) is 12.4. The number of aryl methyl sites for hydroxylation is 1. The van der Waals surface area contributed by atoms with Crippen LogP contribution in [-0.2, 0) is 17.8 Å². The molecule has 0 aromatic heterocycles. The normalized spacial score (nSPS) is 10.5. The minimum Gasteiger partial charge on any atom is -0.496 e. The first-order valence-corrected chi connectivity index (χ1v) is 7.95. The molecule has 0 saturated carbocycles. The Labute approximate surface area is 150 Å². The van der Waals surface area contributed by atoms with Gasteiger partial charge in [-0.1, -0.05) is 18.2 Å². The molecule has 140 valence electrons. The van der Waals surface area contributed by atoms with Gasteiger partial charge >= 0.3 is 6.61 Å². The van der Waals surface area contributed by atoms with E-state index in [9.17, 15) is 13.6 Å². The molecule has 0 aliphatic rings. The first kappa shape index (κ1) is 19.5. The summed E-state index contributed by atoms with van der Waals surface area (Å²) in [6.07, 6.45) is 0.209. The number of methoxy groups -OCH3 is 2. The van der Waals surface area contributed by atoms with Crippen LogP contribution in [0.3, 0.4) is 0 Å². The van der Waals surface area contributed by atoms with Crippen molar-refractivity contribution in [1.29, 1.82) is 0 Å². The van der Waals surface area contributed by atoms with Gasteiger partial charge in [-0.2, -0.15) is 8.78 Å². The molecule has 7 heteroatoms. The summed E-state index contributed by atoms with van der Waals surface area (Å²) in [5, 5.41) is 2.79. The van der Waals surface area contributed by atoms with Gasteiger partial charge in [0, 0.05) is 6.54 Å². The maximum Gasteiger partial charge on any atom is 0.387 e. The van der Waals surface area contributed by atoms with Crippen molar-refractivity contribution in [3.8, 4) is 17.2 Å². The minimum atomic E-state index is -2.93. The van der Waals surface area contributed by atoms with E-state index in [4.69, 9.17) is 9.47 Å². The van der Waals surface area contributed by atoms with E-state index in [-0.39, 0.29) is 30.4 Å². The fourth-order valence-corrected chi connectivity index (χ4v) is 2.44. The summed E-state index contributed by atoms with van der Waals surface area (Å²) in [7, 11) is 2.95. The first-order valence-electron chi connectivity index (χ1n) is 7.95. The van der Waals surface area contributed by atoms with Gasteiger partial charge in [0.15, 0.2) is 11.5 Å². The van der Waals surface area contributed by atoms with Crippen molar-refractivity contribution in [1.82, 2.24) is 5.32 Å². The summed E-state index contributed by atoms with van der Waals surface area (Å²) < 4.78 is 39.3. The molecule has 1 N–H and O–H groups in total. The van der Waals surface area contributed by atoms with E-state index < -0.39 is 6.61 Å². The summed E-state index contributed by atoms with van der Waals surface area (Å²) in [6, 6.07) is 10.1. The van der Waals surface area contributed by atoms with Gasteiger partial charge in [-0.25, -0.2) is 0 Å². The molecule has 5 nitrogen and oxygen atoms in total. The summed E-state index contributed by atoms with van der Waals surface area (Å²) >= 11 is 0. The number of hydrogen-bond donors (Lipinski definition) is 1. The summed E-state index contributed by atoms with van der Waals surface area (Å²) in [4.78, 5) is 12.1. The number of nitrogens with one attached hydrogen (secondary N) is 1. The molecule has 0 aliphatic carbocycles. The van der Waals surface area contributed by atoms with Crippen molar-refractivity contribution in [3.05, 3.63) is 53.1 Å². The zero-order valence-electron chi connectivity index (χ0n) is 14.8. The standard InChI is InChI=1S/C19H21F2NO4/c1-12-4-5-13(8-16(12)24-2)10-18(23)22-11-14-6-7-15(26-19(20)21)17(9-14)25-3/h4-9,19H,10-11H2,1-3H3,(H,22,23). The van der Waals surface area contributed by atoms with Crippen LogP contribution in [0.1, 0.15) is 16.7 Å². The minimum absolute atomic E-state index is 0.0515. The zero-order chi connectivity index (χ0) is 19.1. The fraction of sp³-hybridized carbons (Fsp3) is 0.316. The molecule has 0 fully saturated rings. The van der Waals surface area contributed by atoms with Gasteiger partial charge < -0.3 is 19.5 Å². The third-order valence-electron chi connectivity index (χ3n) is 3.77. The Kier molecular flexibility index (Phi) is 6.77. The van der Waals surface area contributed by atoms with Crippen LogP contribution in [0, 0.1) is 6.92 Å². The molecule has 0 unspecified atom stereocenters. The van der Waals surface area contributed by atoms with E-state index in [0.717, 1.165) is 16.9 Å². The van der Waals surface area contributed by atoms with Crippen LogP contribution in [-0.4, -0.2) is 26.7 Å². The van der Waals surface area contributed by atoms with E-state index >= 15 is 0 Å². The number of alkyl halides is 2. The van der Waals surface area contributed by atoms with Crippen LogP contribution in [0.15, 0.2) is 36.4 Å². The second-order valence-corrected chi connectivity index (χ2v) is 5.62. The molecular weight excluding hydrogens is 344 g/mol. The van der Waals surface area contributed by atoms with E-state index in [1.807, 2.05) is 25.1 Å². The van der Waals surface area contributed by atoms with Crippen LogP contribution in [0.25, 0.3) is 0 Å². The number of amides is 1. The zero-order valence-corrected chi connectivity index (χ0v) is 14.8. The molecule has 1 amide bonds. The van der Waals surface area contributed by atoms with Gasteiger partial charge in [-0.3, -0.25) is 4.79 Å². The molecule has 26 heavy (non-hydrogen) atoms. The monoisotopic (exact) mass is 365 g/mol. The number of rotatable bonds is 8. The Morgan fingerprint density at radius 3 is 2.31 bits per heavy atom. The number of hydrogen-bond acceptors (Lipinski definition) is 4.